The van der Waals surface area contributed by atoms with Crippen LogP contribution >= 0.6 is 11.8 Å². The van der Waals surface area contributed by atoms with E-state index in [1.54, 1.807) is 11.8 Å². The Morgan fingerprint density at radius 3 is 2.72 bits per heavy atom. The number of rotatable bonds is 4. The Kier molecular flexibility index (Phi) is 4.20. The number of aryl methyl sites for hydroxylation is 2. The lowest BCUT2D eigenvalue weighted by Crippen LogP contribution is -2.02. The van der Waals surface area contributed by atoms with E-state index in [1.807, 2.05) is 13.0 Å². The molecule has 1 N–H and O–H groups in total. The molecule has 0 bridgehead atoms. The van der Waals surface area contributed by atoms with Gasteiger partial charge in [-0.05, 0) is 32.9 Å². The Labute approximate surface area is 112 Å². The zero-order valence-electron chi connectivity index (χ0n) is 10.9. The summed E-state index contributed by atoms with van der Waals surface area (Å²) in [5.74, 6) is 1.68. The fraction of sp³-hybridized carbons (Fsp3) is 0.286. The van der Waals surface area contributed by atoms with E-state index >= 15 is 0 Å². The number of benzene rings is 1. The summed E-state index contributed by atoms with van der Waals surface area (Å²) < 4.78 is 0. The van der Waals surface area contributed by atoms with Crippen LogP contribution in [0.15, 0.2) is 40.3 Å². The lowest BCUT2D eigenvalue weighted by Gasteiger charge is -2.07. The molecule has 94 valence electrons. The highest BCUT2D eigenvalue weighted by atomic mass is 32.2. The fourth-order valence-electron chi connectivity index (χ4n) is 1.66. The quantitative estimate of drug-likeness (QED) is 0.850. The van der Waals surface area contributed by atoms with Crippen LogP contribution in [0.2, 0.25) is 0 Å². The SMILES string of the molecule is CCNc1cc(Sc2cccc(C)c2)nc(C)n1. The first-order valence-electron chi connectivity index (χ1n) is 6.01. The largest absolute Gasteiger partial charge is 0.370 e. The number of hydrogen-bond acceptors (Lipinski definition) is 4. The maximum Gasteiger partial charge on any atom is 0.130 e. The standard InChI is InChI=1S/C14H17N3S/c1-4-15-13-9-14(17-11(3)16-13)18-12-7-5-6-10(2)8-12/h5-9H,4H2,1-3H3,(H,15,16,17). The van der Waals surface area contributed by atoms with Gasteiger partial charge in [0, 0.05) is 17.5 Å². The van der Waals surface area contributed by atoms with E-state index in [2.05, 4.69) is 53.4 Å². The molecule has 4 heteroatoms. The maximum absolute atomic E-state index is 4.45. The highest BCUT2D eigenvalue weighted by Gasteiger charge is 2.03. The molecule has 0 radical (unpaired) electrons. The highest BCUT2D eigenvalue weighted by molar-refractivity contribution is 7.99. The van der Waals surface area contributed by atoms with E-state index in [1.165, 1.54) is 10.5 Å². The predicted molar refractivity (Wildman–Crippen MR) is 76.2 cm³/mol. The van der Waals surface area contributed by atoms with Gasteiger partial charge in [0.1, 0.15) is 16.7 Å². The second kappa shape index (κ2) is 5.87. The number of nitrogens with zero attached hydrogens (tertiary/aromatic N) is 2. The third-order valence-corrected chi connectivity index (χ3v) is 3.29. The van der Waals surface area contributed by atoms with Crippen molar-refractivity contribution in [3.05, 3.63) is 41.7 Å². The molecule has 1 aromatic carbocycles. The van der Waals surface area contributed by atoms with Crippen molar-refractivity contribution in [1.29, 1.82) is 0 Å². The van der Waals surface area contributed by atoms with Crippen molar-refractivity contribution in [2.24, 2.45) is 0 Å². The molecule has 0 fully saturated rings. The maximum atomic E-state index is 4.45. The summed E-state index contributed by atoms with van der Waals surface area (Å²) >= 11 is 1.66. The molecule has 18 heavy (non-hydrogen) atoms. The third kappa shape index (κ3) is 3.47. The lowest BCUT2D eigenvalue weighted by atomic mass is 10.2. The van der Waals surface area contributed by atoms with Crippen LogP contribution in [-0.2, 0) is 0 Å². The number of aromatic nitrogens is 2. The van der Waals surface area contributed by atoms with Crippen molar-refractivity contribution in [2.45, 2.75) is 30.7 Å². The molecule has 2 aromatic rings. The van der Waals surface area contributed by atoms with Crippen molar-refractivity contribution >= 4 is 17.6 Å². The summed E-state index contributed by atoms with van der Waals surface area (Å²) in [5, 5.41) is 4.20. The summed E-state index contributed by atoms with van der Waals surface area (Å²) in [6, 6.07) is 10.4. The molecule has 0 unspecified atom stereocenters. The molecule has 0 aliphatic heterocycles. The van der Waals surface area contributed by atoms with Crippen molar-refractivity contribution in [1.82, 2.24) is 9.97 Å². The first-order chi connectivity index (χ1) is 8.67. The van der Waals surface area contributed by atoms with E-state index in [0.717, 1.165) is 23.2 Å². The lowest BCUT2D eigenvalue weighted by molar-refractivity contribution is 0.960. The average Bonchev–Trinajstić information content (AvgIpc) is 2.28. The minimum atomic E-state index is 0.795. The molecule has 0 saturated carbocycles. The summed E-state index contributed by atoms with van der Waals surface area (Å²) in [4.78, 5) is 10.0. The molecule has 0 amide bonds. The Balaban J connectivity index is 2.23. The van der Waals surface area contributed by atoms with Crippen molar-refractivity contribution in [2.75, 3.05) is 11.9 Å². The van der Waals surface area contributed by atoms with Crippen LogP contribution in [0.4, 0.5) is 5.82 Å². The number of anilines is 1. The van der Waals surface area contributed by atoms with Crippen LogP contribution in [0.5, 0.6) is 0 Å². The van der Waals surface area contributed by atoms with E-state index in [4.69, 9.17) is 0 Å². The van der Waals surface area contributed by atoms with Gasteiger partial charge in [-0.3, -0.25) is 0 Å². The Morgan fingerprint density at radius 1 is 1.17 bits per heavy atom. The predicted octanol–water partition coefficient (Wildman–Crippen LogP) is 3.68. The average molecular weight is 259 g/mol. The molecule has 2 rings (SSSR count). The topological polar surface area (TPSA) is 37.8 Å². The zero-order valence-corrected chi connectivity index (χ0v) is 11.7. The molecule has 1 heterocycles. The number of hydrogen-bond donors (Lipinski definition) is 1. The summed E-state index contributed by atoms with van der Waals surface area (Å²) in [5.41, 5.74) is 1.26. The molecular weight excluding hydrogens is 242 g/mol. The normalized spacial score (nSPS) is 10.4. The van der Waals surface area contributed by atoms with Gasteiger partial charge in [0.05, 0.1) is 0 Å². The third-order valence-electron chi connectivity index (χ3n) is 2.38. The first kappa shape index (κ1) is 12.9. The molecule has 0 aliphatic rings. The molecule has 0 atom stereocenters. The summed E-state index contributed by atoms with van der Waals surface area (Å²) in [6.07, 6.45) is 0. The Bertz CT molecular complexity index is 540. The van der Waals surface area contributed by atoms with Crippen LogP contribution in [0, 0.1) is 13.8 Å². The minimum absolute atomic E-state index is 0.795. The molecule has 0 saturated heterocycles. The zero-order chi connectivity index (χ0) is 13.0. The number of nitrogens with one attached hydrogen (secondary N) is 1. The Morgan fingerprint density at radius 2 is 2.00 bits per heavy atom. The molecule has 3 nitrogen and oxygen atoms in total. The van der Waals surface area contributed by atoms with Gasteiger partial charge in [-0.2, -0.15) is 0 Å². The van der Waals surface area contributed by atoms with Crippen LogP contribution in [0.25, 0.3) is 0 Å². The van der Waals surface area contributed by atoms with Crippen molar-refractivity contribution in [3.8, 4) is 0 Å². The van der Waals surface area contributed by atoms with Crippen LogP contribution < -0.4 is 5.32 Å². The van der Waals surface area contributed by atoms with E-state index in [-0.39, 0.29) is 0 Å². The molecular formula is C14H17N3S. The summed E-state index contributed by atoms with van der Waals surface area (Å²) in [7, 11) is 0. The molecule has 0 aliphatic carbocycles. The first-order valence-corrected chi connectivity index (χ1v) is 6.83. The highest BCUT2D eigenvalue weighted by Crippen LogP contribution is 2.27. The van der Waals surface area contributed by atoms with Crippen LogP contribution in [-0.4, -0.2) is 16.5 Å². The van der Waals surface area contributed by atoms with E-state index in [9.17, 15) is 0 Å². The van der Waals surface area contributed by atoms with Gasteiger partial charge in [-0.1, -0.05) is 29.5 Å². The van der Waals surface area contributed by atoms with Gasteiger partial charge >= 0.3 is 0 Å². The van der Waals surface area contributed by atoms with Gasteiger partial charge < -0.3 is 5.32 Å². The second-order valence-electron chi connectivity index (χ2n) is 4.09. The van der Waals surface area contributed by atoms with Crippen LogP contribution in [0.1, 0.15) is 18.3 Å². The second-order valence-corrected chi connectivity index (χ2v) is 5.18. The van der Waals surface area contributed by atoms with Gasteiger partial charge in [0.25, 0.3) is 0 Å². The smallest absolute Gasteiger partial charge is 0.130 e. The fourth-order valence-corrected chi connectivity index (χ4v) is 2.65. The van der Waals surface area contributed by atoms with Gasteiger partial charge in [-0.25, -0.2) is 9.97 Å². The van der Waals surface area contributed by atoms with Crippen LogP contribution in [0.3, 0.4) is 0 Å². The van der Waals surface area contributed by atoms with Gasteiger partial charge in [0.2, 0.25) is 0 Å². The van der Waals surface area contributed by atoms with E-state index in [0.29, 0.717) is 0 Å². The summed E-state index contributed by atoms with van der Waals surface area (Å²) in [6.45, 7) is 6.94. The van der Waals surface area contributed by atoms with Crippen molar-refractivity contribution < 1.29 is 0 Å². The van der Waals surface area contributed by atoms with Gasteiger partial charge in [-0.15, -0.1) is 0 Å². The molecule has 0 spiro atoms. The van der Waals surface area contributed by atoms with Crippen molar-refractivity contribution in [3.63, 3.8) is 0 Å². The Hall–Kier alpha value is -1.55. The van der Waals surface area contributed by atoms with E-state index < -0.39 is 0 Å². The molecule has 1 aromatic heterocycles. The monoisotopic (exact) mass is 259 g/mol. The minimum Gasteiger partial charge on any atom is -0.370 e. The van der Waals surface area contributed by atoms with Gasteiger partial charge in [0.15, 0.2) is 0 Å².